The van der Waals surface area contributed by atoms with Crippen LogP contribution in [-0.4, -0.2) is 45.3 Å². The fraction of sp³-hybridized carbons (Fsp3) is 0.867. The monoisotopic (exact) mass is 472 g/mol. The lowest BCUT2D eigenvalue weighted by atomic mass is 9.35. The first-order valence-corrected chi connectivity index (χ1v) is 13.7. The van der Waals surface area contributed by atoms with Crippen LogP contribution in [0.4, 0.5) is 0 Å². The zero-order chi connectivity index (χ0) is 25.1. The summed E-state index contributed by atoms with van der Waals surface area (Å²) in [4.78, 5) is 0. The van der Waals surface area contributed by atoms with Gasteiger partial charge < -0.3 is 20.4 Å². The summed E-state index contributed by atoms with van der Waals surface area (Å²) >= 11 is 0. The summed E-state index contributed by atoms with van der Waals surface area (Å²) < 4.78 is 0. The van der Waals surface area contributed by atoms with Gasteiger partial charge in [-0.1, -0.05) is 71.8 Å². The highest BCUT2D eigenvalue weighted by atomic mass is 16.3. The Morgan fingerprint density at radius 1 is 0.765 bits per heavy atom. The van der Waals surface area contributed by atoms with Crippen LogP contribution in [-0.2, 0) is 0 Å². The van der Waals surface area contributed by atoms with E-state index in [4.69, 9.17) is 0 Å². The molecule has 5 aliphatic carbocycles. The first-order valence-electron chi connectivity index (χ1n) is 13.7. The van der Waals surface area contributed by atoms with Gasteiger partial charge >= 0.3 is 0 Å². The van der Waals surface area contributed by atoms with Crippen LogP contribution in [0.1, 0.15) is 93.4 Å². The number of allylic oxidation sites excluding steroid dienone is 4. The first kappa shape index (κ1) is 25.0. The molecule has 5 aliphatic rings. The van der Waals surface area contributed by atoms with Gasteiger partial charge in [-0.3, -0.25) is 0 Å². The van der Waals surface area contributed by atoms with Crippen molar-refractivity contribution in [3.63, 3.8) is 0 Å². The van der Waals surface area contributed by atoms with Crippen molar-refractivity contribution in [2.75, 3.05) is 6.61 Å². The summed E-state index contributed by atoms with van der Waals surface area (Å²) in [5.41, 5.74) is 1.66. The van der Waals surface area contributed by atoms with Gasteiger partial charge in [0.25, 0.3) is 0 Å². The van der Waals surface area contributed by atoms with E-state index in [2.05, 4.69) is 60.6 Å². The Hall–Kier alpha value is -0.680. The Balaban J connectivity index is 1.66. The van der Waals surface area contributed by atoms with Crippen LogP contribution in [0.3, 0.4) is 0 Å². The van der Waals surface area contributed by atoms with Crippen LogP contribution in [0.25, 0.3) is 0 Å². The molecule has 0 saturated heterocycles. The van der Waals surface area contributed by atoms with Crippen molar-refractivity contribution in [2.24, 2.45) is 44.3 Å². The predicted octanol–water partition coefficient (Wildman–Crippen LogP) is 5.00. The minimum Gasteiger partial charge on any atom is -0.396 e. The molecule has 0 aromatic heterocycles. The number of aliphatic hydroxyl groups excluding tert-OH is 4. The number of hydrogen-bond acceptors (Lipinski definition) is 4. The lowest BCUT2D eigenvalue weighted by molar-refractivity contribution is -0.185. The second kappa shape index (κ2) is 7.21. The standard InChI is InChI=1S/C30H48O4/c1-25(2)14-19-18-8-9-21-27(5)12-11-22(32)26(3,4)20(27)10-13-28(21,6)29(18,7)15-24(34)30(19,17-31)16-23(25)33/h8-9,19-20,22-24,31-34H,10-17H2,1-7H3/t19-,20+,22+,23-,24-,27+,28-,29-,30-/m1/s1. The van der Waals surface area contributed by atoms with E-state index < -0.39 is 17.6 Å². The third-order valence-electron chi connectivity index (χ3n) is 12.7. The Labute approximate surface area is 206 Å². The molecule has 0 heterocycles. The quantitative estimate of drug-likeness (QED) is 0.433. The van der Waals surface area contributed by atoms with Gasteiger partial charge in [-0.05, 0) is 78.4 Å². The van der Waals surface area contributed by atoms with Gasteiger partial charge in [-0.25, -0.2) is 0 Å². The van der Waals surface area contributed by atoms with Gasteiger partial charge in [0.2, 0.25) is 0 Å². The summed E-state index contributed by atoms with van der Waals surface area (Å²) in [6.45, 7) is 15.9. The molecular weight excluding hydrogens is 424 g/mol. The molecule has 4 heteroatoms. The summed E-state index contributed by atoms with van der Waals surface area (Å²) in [5, 5.41) is 44.2. The highest BCUT2D eigenvalue weighted by Crippen LogP contribution is 2.74. The molecule has 34 heavy (non-hydrogen) atoms. The van der Waals surface area contributed by atoms with E-state index in [9.17, 15) is 20.4 Å². The van der Waals surface area contributed by atoms with Crippen molar-refractivity contribution in [2.45, 2.75) is 112 Å². The molecule has 9 atom stereocenters. The van der Waals surface area contributed by atoms with Crippen LogP contribution >= 0.6 is 0 Å². The third-order valence-corrected chi connectivity index (χ3v) is 12.7. The van der Waals surface area contributed by atoms with Gasteiger partial charge in [0.1, 0.15) is 0 Å². The second-order valence-electron chi connectivity index (χ2n) is 14.8. The van der Waals surface area contributed by atoms with Crippen molar-refractivity contribution in [3.05, 3.63) is 23.3 Å². The molecule has 0 spiro atoms. The summed E-state index contributed by atoms with van der Waals surface area (Å²) in [6.07, 6.45) is 9.22. The lowest BCUT2D eigenvalue weighted by Crippen LogP contribution is -2.65. The van der Waals surface area contributed by atoms with Crippen LogP contribution in [0.2, 0.25) is 0 Å². The third kappa shape index (κ3) is 2.80. The van der Waals surface area contributed by atoms with E-state index in [0.29, 0.717) is 18.8 Å². The second-order valence-corrected chi connectivity index (χ2v) is 14.8. The molecule has 5 rings (SSSR count). The average molecular weight is 473 g/mol. The molecule has 0 aromatic carbocycles. The van der Waals surface area contributed by atoms with Gasteiger partial charge in [0, 0.05) is 10.8 Å². The van der Waals surface area contributed by atoms with E-state index in [1.165, 1.54) is 11.1 Å². The molecule has 4 fully saturated rings. The molecule has 0 radical (unpaired) electrons. The minimum atomic E-state index is -0.667. The van der Waals surface area contributed by atoms with Crippen LogP contribution < -0.4 is 0 Å². The zero-order valence-electron chi connectivity index (χ0n) is 22.5. The maximum absolute atomic E-state index is 11.7. The van der Waals surface area contributed by atoms with E-state index in [-0.39, 0.29) is 45.7 Å². The molecule has 4 N–H and O–H groups in total. The van der Waals surface area contributed by atoms with Gasteiger partial charge in [-0.2, -0.15) is 0 Å². The van der Waals surface area contributed by atoms with Crippen LogP contribution in [0.5, 0.6) is 0 Å². The van der Waals surface area contributed by atoms with Gasteiger partial charge in [-0.15, -0.1) is 0 Å². The molecule has 0 bridgehead atoms. The topological polar surface area (TPSA) is 80.9 Å². The lowest BCUT2D eigenvalue weighted by Gasteiger charge is -2.69. The maximum Gasteiger partial charge on any atom is 0.0633 e. The fourth-order valence-corrected chi connectivity index (χ4v) is 10.0. The summed E-state index contributed by atoms with van der Waals surface area (Å²) in [6, 6.07) is 0. The minimum absolute atomic E-state index is 0.0409. The molecule has 0 unspecified atom stereocenters. The Bertz CT molecular complexity index is 932. The van der Waals surface area contributed by atoms with Crippen molar-refractivity contribution >= 4 is 0 Å². The SMILES string of the molecule is CC1(C)C[C@@H]2C3=CC=C4[C@@]5(C)CC[C@H](O)C(C)(C)[C@@H]5CC[C@@]4(C)[C@]3(C)C[C@@H](O)[C@@]2(CO)C[C@H]1O. The average Bonchev–Trinajstić information content (AvgIpc) is 2.73. The number of fused-ring (bicyclic) bond motifs is 7. The zero-order valence-corrected chi connectivity index (χ0v) is 22.5. The molecule has 0 amide bonds. The van der Waals surface area contributed by atoms with Gasteiger partial charge in [0.15, 0.2) is 0 Å². The maximum atomic E-state index is 11.7. The largest absolute Gasteiger partial charge is 0.396 e. The molecule has 4 nitrogen and oxygen atoms in total. The molecule has 192 valence electrons. The van der Waals surface area contributed by atoms with Crippen molar-refractivity contribution in [1.82, 2.24) is 0 Å². The van der Waals surface area contributed by atoms with E-state index in [1.807, 2.05) is 0 Å². The number of rotatable bonds is 1. The molecule has 0 aromatic rings. The van der Waals surface area contributed by atoms with Crippen molar-refractivity contribution in [1.29, 1.82) is 0 Å². The first-order chi connectivity index (χ1) is 15.6. The number of aliphatic hydroxyl groups is 4. The highest BCUT2D eigenvalue weighted by molar-refractivity contribution is 5.46. The molecular formula is C30H48O4. The smallest absolute Gasteiger partial charge is 0.0633 e. The Kier molecular flexibility index (Phi) is 5.30. The molecule has 0 aliphatic heterocycles. The highest BCUT2D eigenvalue weighted by Gasteiger charge is 2.68. The molecule has 4 saturated carbocycles. The Morgan fingerprint density at radius 3 is 2.09 bits per heavy atom. The Morgan fingerprint density at radius 2 is 1.44 bits per heavy atom. The summed E-state index contributed by atoms with van der Waals surface area (Å²) in [7, 11) is 0. The van der Waals surface area contributed by atoms with E-state index in [1.54, 1.807) is 0 Å². The van der Waals surface area contributed by atoms with E-state index in [0.717, 1.165) is 32.1 Å². The van der Waals surface area contributed by atoms with Gasteiger partial charge in [0.05, 0.1) is 24.9 Å². The van der Waals surface area contributed by atoms with Crippen molar-refractivity contribution in [3.8, 4) is 0 Å². The fourth-order valence-electron chi connectivity index (χ4n) is 10.0. The normalized spacial score (nSPS) is 53.4. The summed E-state index contributed by atoms with van der Waals surface area (Å²) in [5.74, 6) is 0.504. The predicted molar refractivity (Wildman–Crippen MR) is 135 cm³/mol. The van der Waals surface area contributed by atoms with Crippen LogP contribution in [0, 0.1) is 44.3 Å². The van der Waals surface area contributed by atoms with Crippen molar-refractivity contribution < 1.29 is 20.4 Å². The number of hydrogen-bond donors (Lipinski definition) is 4. The van der Waals surface area contributed by atoms with Crippen LogP contribution in [0.15, 0.2) is 23.3 Å². The van der Waals surface area contributed by atoms with E-state index >= 15 is 0 Å².